The second kappa shape index (κ2) is 6.33. The van der Waals surface area contributed by atoms with Crippen molar-refractivity contribution in [1.82, 2.24) is 9.88 Å². The predicted molar refractivity (Wildman–Crippen MR) is 71.6 cm³/mol. The van der Waals surface area contributed by atoms with Gasteiger partial charge in [0.15, 0.2) is 0 Å². The van der Waals surface area contributed by atoms with Gasteiger partial charge in [-0.25, -0.2) is 4.79 Å². The summed E-state index contributed by atoms with van der Waals surface area (Å²) in [5.74, 6) is -0.948. The highest BCUT2D eigenvalue weighted by Crippen LogP contribution is 2.15. The number of carbonyl (C=O) groups excluding carboxylic acids is 1. The molecule has 1 aliphatic heterocycles. The lowest BCUT2D eigenvalue weighted by Crippen LogP contribution is -2.51. The summed E-state index contributed by atoms with van der Waals surface area (Å²) < 4.78 is 5.24. The molecule has 1 aromatic rings. The Morgan fingerprint density at radius 2 is 2.40 bits per heavy atom. The number of hydrogen-bond donors (Lipinski definition) is 2. The topological polar surface area (TPSA) is 91.8 Å². The van der Waals surface area contributed by atoms with Crippen LogP contribution >= 0.6 is 0 Å². The van der Waals surface area contributed by atoms with Crippen LogP contribution in [-0.2, 0) is 9.53 Å². The van der Waals surface area contributed by atoms with E-state index < -0.39 is 12.0 Å². The van der Waals surface area contributed by atoms with Gasteiger partial charge in [0.05, 0.1) is 37.1 Å². The molecular weight excluding hydrogens is 262 g/mol. The Labute approximate surface area is 116 Å². The summed E-state index contributed by atoms with van der Waals surface area (Å²) in [5, 5.41) is 11.6. The maximum absolute atomic E-state index is 12.3. The summed E-state index contributed by atoms with van der Waals surface area (Å²) in [6.07, 6.45) is 1.52. The minimum absolute atomic E-state index is 0.126. The molecule has 1 atom stereocenters. The van der Waals surface area contributed by atoms with Crippen LogP contribution in [0.5, 0.6) is 0 Å². The van der Waals surface area contributed by atoms with Gasteiger partial charge in [-0.3, -0.25) is 9.78 Å². The summed E-state index contributed by atoms with van der Waals surface area (Å²) in [7, 11) is 0. The van der Waals surface area contributed by atoms with Crippen molar-refractivity contribution in [3.05, 3.63) is 24.0 Å². The zero-order valence-corrected chi connectivity index (χ0v) is 11.2. The molecule has 0 saturated carbocycles. The van der Waals surface area contributed by atoms with Crippen LogP contribution in [0.1, 0.15) is 12.1 Å². The Kier molecular flexibility index (Phi) is 4.52. The molecule has 2 N–H and O–H groups in total. The molecule has 108 valence electrons. The fraction of sp³-hybridized carbons (Fsp3) is 0.462. The summed E-state index contributed by atoms with van der Waals surface area (Å²) in [6, 6.07) is 2.72. The molecule has 2 amide bonds. The Morgan fingerprint density at radius 3 is 3.10 bits per heavy atom. The lowest BCUT2D eigenvalue weighted by molar-refractivity contribution is -0.139. The highest BCUT2D eigenvalue weighted by atomic mass is 16.5. The molecular formula is C13H17N3O4. The van der Waals surface area contributed by atoms with E-state index >= 15 is 0 Å². The Morgan fingerprint density at radius 1 is 1.60 bits per heavy atom. The van der Waals surface area contributed by atoms with Gasteiger partial charge in [-0.1, -0.05) is 0 Å². The van der Waals surface area contributed by atoms with Crippen LogP contribution in [0.25, 0.3) is 0 Å². The third kappa shape index (κ3) is 3.45. The van der Waals surface area contributed by atoms with Crippen molar-refractivity contribution in [2.24, 2.45) is 0 Å². The first kappa shape index (κ1) is 14.3. The number of aryl methyl sites for hydroxylation is 1. The molecule has 0 spiro atoms. The molecule has 7 heteroatoms. The number of nitrogens with zero attached hydrogens (tertiary/aromatic N) is 2. The zero-order valence-electron chi connectivity index (χ0n) is 11.2. The Balaban J connectivity index is 2.06. The van der Waals surface area contributed by atoms with Gasteiger partial charge in [0.1, 0.15) is 0 Å². The summed E-state index contributed by atoms with van der Waals surface area (Å²) in [5.41, 5.74) is 1.34. The molecule has 7 nitrogen and oxygen atoms in total. The Bertz CT molecular complexity index is 506. The first-order valence-electron chi connectivity index (χ1n) is 6.36. The van der Waals surface area contributed by atoms with Crippen molar-refractivity contribution in [2.75, 3.05) is 25.1 Å². The first-order valence-corrected chi connectivity index (χ1v) is 6.36. The van der Waals surface area contributed by atoms with E-state index in [2.05, 4.69) is 10.3 Å². The molecule has 0 aliphatic carbocycles. The van der Waals surface area contributed by atoms with Crippen molar-refractivity contribution >= 4 is 17.7 Å². The number of anilines is 1. The number of aromatic nitrogens is 1. The van der Waals surface area contributed by atoms with Crippen LogP contribution in [0.4, 0.5) is 10.5 Å². The van der Waals surface area contributed by atoms with E-state index in [1.54, 1.807) is 25.3 Å². The van der Waals surface area contributed by atoms with E-state index in [9.17, 15) is 9.59 Å². The molecule has 1 fully saturated rings. The van der Waals surface area contributed by atoms with E-state index in [-0.39, 0.29) is 19.1 Å². The average molecular weight is 279 g/mol. The number of aliphatic carboxylic acids is 1. The largest absolute Gasteiger partial charge is 0.481 e. The molecule has 0 radical (unpaired) electrons. The summed E-state index contributed by atoms with van der Waals surface area (Å²) in [4.78, 5) is 28.7. The van der Waals surface area contributed by atoms with Gasteiger partial charge in [-0.2, -0.15) is 0 Å². The van der Waals surface area contributed by atoms with E-state index in [1.165, 1.54) is 4.90 Å². The number of nitrogens with one attached hydrogen (secondary N) is 1. The predicted octanol–water partition coefficient (Wildman–Crippen LogP) is 1.10. The van der Waals surface area contributed by atoms with Crippen LogP contribution in [0.2, 0.25) is 0 Å². The van der Waals surface area contributed by atoms with E-state index in [0.29, 0.717) is 24.5 Å². The highest BCUT2D eigenvalue weighted by Gasteiger charge is 2.29. The van der Waals surface area contributed by atoms with Crippen molar-refractivity contribution < 1.29 is 19.4 Å². The lowest BCUT2D eigenvalue weighted by atomic mass is 10.1. The number of carbonyl (C=O) groups is 2. The molecule has 1 saturated heterocycles. The van der Waals surface area contributed by atoms with Gasteiger partial charge in [0.25, 0.3) is 0 Å². The maximum atomic E-state index is 12.3. The van der Waals surface area contributed by atoms with Crippen LogP contribution in [0.15, 0.2) is 18.3 Å². The number of hydrogen-bond acceptors (Lipinski definition) is 4. The SMILES string of the molecule is Cc1ncccc1NC(=O)N1CCOCC1CC(=O)O. The molecule has 0 aromatic carbocycles. The van der Waals surface area contributed by atoms with Crippen molar-refractivity contribution in [3.8, 4) is 0 Å². The minimum Gasteiger partial charge on any atom is -0.481 e. The van der Waals surface area contributed by atoms with Crippen molar-refractivity contribution in [2.45, 2.75) is 19.4 Å². The van der Waals surface area contributed by atoms with E-state index in [1.807, 2.05) is 0 Å². The smallest absolute Gasteiger partial charge is 0.322 e. The molecule has 20 heavy (non-hydrogen) atoms. The highest BCUT2D eigenvalue weighted by molar-refractivity contribution is 5.90. The molecule has 2 heterocycles. The normalized spacial score (nSPS) is 18.6. The average Bonchev–Trinajstić information content (AvgIpc) is 2.41. The molecule has 0 bridgehead atoms. The monoisotopic (exact) mass is 279 g/mol. The number of pyridine rings is 1. The van der Waals surface area contributed by atoms with E-state index in [0.717, 1.165) is 0 Å². The number of carboxylic acid groups (broad SMARTS) is 1. The van der Waals surface area contributed by atoms with Gasteiger partial charge in [-0.05, 0) is 19.1 Å². The number of rotatable bonds is 3. The third-order valence-electron chi connectivity index (χ3n) is 3.15. The lowest BCUT2D eigenvalue weighted by Gasteiger charge is -2.34. The Hall–Kier alpha value is -2.15. The van der Waals surface area contributed by atoms with E-state index in [4.69, 9.17) is 9.84 Å². The van der Waals surface area contributed by atoms with Crippen molar-refractivity contribution in [1.29, 1.82) is 0 Å². The second-order valence-corrected chi connectivity index (χ2v) is 4.59. The summed E-state index contributed by atoms with van der Waals surface area (Å²) >= 11 is 0. The van der Waals surface area contributed by atoms with Crippen molar-refractivity contribution in [3.63, 3.8) is 0 Å². The molecule has 1 unspecified atom stereocenters. The van der Waals surface area contributed by atoms with Gasteiger partial charge < -0.3 is 20.1 Å². The third-order valence-corrected chi connectivity index (χ3v) is 3.15. The van der Waals surface area contributed by atoms with Crippen LogP contribution in [-0.4, -0.2) is 52.8 Å². The zero-order chi connectivity index (χ0) is 14.5. The fourth-order valence-electron chi connectivity index (χ4n) is 2.10. The number of morpholine rings is 1. The molecule has 1 aliphatic rings. The maximum Gasteiger partial charge on any atom is 0.322 e. The number of ether oxygens (including phenoxy) is 1. The van der Waals surface area contributed by atoms with Crippen LogP contribution < -0.4 is 5.32 Å². The van der Waals surface area contributed by atoms with Crippen LogP contribution in [0, 0.1) is 6.92 Å². The minimum atomic E-state index is -0.948. The number of amides is 2. The van der Waals surface area contributed by atoms with Gasteiger partial charge in [0, 0.05) is 12.7 Å². The van der Waals surface area contributed by atoms with Gasteiger partial charge >= 0.3 is 12.0 Å². The number of urea groups is 1. The first-order chi connectivity index (χ1) is 9.58. The molecule has 1 aromatic heterocycles. The van der Waals surface area contributed by atoms with Crippen LogP contribution in [0.3, 0.4) is 0 Å². The van der Waals surface area contributed by atoms with Gasteiger partial charge in [0.2, 0.25) is 0 Å². The number of carboxylic acids is 1. The fourth-order valence-corrected chi connectivity index (χ4v) is 2.10. The summed E-state index contributed by atoms with van der Waals surface area (Å²) in [6.45, 7) is 2.83. The standard InChI is InChI=1S/C13H17N3O4/c1-9-11(3-2-4-14-9)15-13(19)16-5-6-20-8-10(16)7-12(17)18/h2-4,10H,5-8H2,1H3,(H,15,19)(H,17,18). The van der Waals surface area contributed by atoms with Gasteiger partial charge in [-0.15, -0.1) is 0 Å². The quantitative estimate of drug-likeness (QED) is 0.864. The molecule has 2 rings (SSSR count). The second-order valence-electron chi connectivity index (χ2n) is 4.59.